The molecule has 1 aromatic carbocycles. The molecule has 0 saturated carbocycles. The smallest absolute Gasteiger partial charge is 0.123 e. The van der Waals surface area contributed by atoms with Crippen LogP contribution in [0.4, 0.5) is 4.39 Å². The molecule has 2 rings (SSSR count). The maximum Gasteiger partial charge on any atom is 0.123 e. The van der Waals surface area contributed by atoms with Crippen LogP contribution < -0.4 is 5.32 Å². The van der Waals surface area contributed by atoms with Crippen LogP contribution in [0.15, 0.2) is 30.6 Å². The Hall–Kier alpha value is -0.950. The maximum absolute atomic E-state index is 13.3. The lowest BCUT2D eigenvalue weighted by molar-refractivity contribution is 0.604. The van der Waals surface area contributed by atoms with Crippen molar-refractivity contribution in [1.29, 1.82) is 0 Å². The van der Waals surface area contributed by atoms with E-state index in [1.807, 2.05) is 20.2 Å². The van der Waals surface area contributed by atoms with Gasteiger partial charge in [0.25, 0.3) is 0 Å². The van der Waals surface area contributed by atoms with E-state index in [0.29, 0.717) is 0 Å². The second-order valence-corrected chi connectivity index (χ2v) is 5.06. The fourth-order valence-electron chi connectivity index (χ4n) is 1.67. The third-order valence-electron chi connectivity index (χ3n) is 2.69. The number of benzene rings is 1. The second kappa shape index (κ2) is 5.14. The van der Waals surface area contributed by atoms with Gasteiger partial charge in [0.1, 0.15) is 5.82 Å². The molecule has 90 valence electrons. The Labute approximate surface area is 113 Å². The van der Waals surface area contributed by atoms with Crippen molar-refractivity contribution in [2.75, 3.05) is 7.05 Å². The van der Waals surface area contributed by atoms with E-state index < -0.39 is 0 Å². The molecule has 0 fully saturated rings. The lowest BCUT2D eigenvalue weighted by Crippen LogP contribution is -2.15. The summed E-state index contributed by atoms with van der Waals surface area (Å²) < 4.78 is 16.1. The standard InChI is InChI=1S/C12H13FIN3/c1-8(15-2)11-5-9(13)3-4-12(11)17-7-10(14)6-16-17/h3-8,15H,1-2H3. The first-order valence-electron chi connectivity index (χ1n) is 5.29. The van der Waals surface area contributed by atoms with Gasteiger partial charge in [0.05, 0.1) is 15.5 Å². The highest BCUT2D eigenvalue weighted by Crippen LogP contribution is 2.22. The fourth-order valence-corrected chi connectivity index (χ4v) is 2.06. The van der Waals surface area contributed by atoms with Gasteiger partial charge in [-0.3, -0.25) is 0 Å². The van der Waals surface area contributed by atoms with E-state index in [1.165, 1.54) is 6.07 Å². The number of halogens is 2. The molecule has 2 aromatic rings. The summed E-state index contributed by atoms with van der Waals surface area (Å²) in [7, 11) is 1.85. The minimum atomic E-state index is -0.229. The first kappa shape index (κ1) is 12.5. The summed E-state index contributed by atoms with van der Waals surface area (Å²) >= 11 is 2.20. The highest BCUT2D eigenvalue weighted by molar-refractivity contribution is 14.1. The molecule has 0 aliphatic heterocycles. The molecule has 0 aliphatic carbocycles. The maximum atomic E-state index is 13.3. The van der Waals surface area contributed by atoms with Crippen molar-refractivity contribution < 1.29 is 4.39 Å². The van der Waals surface area contributed by atoms with Gasteiger partial charge in [-0.2, -0.15) is 5.10 Å². The van der Waals surface area contributed by atoms with Gasteiger partial charge in [0.2, 0.25) is 0 Å². The predicted molar refractivity (Wildman–Crippen MR) is 73.7 cm³/mol. The normalized spacial score (nSPS) is 12.7. The van der Waals surface area contributed by atoms with Crippen LogP contribution in [0, 0.1) is 9.39 Å². The Morgan fingerprint density at radius 1 is 1.47 bits per heavy atom. The topological polar surface area (TPSA) is 29.9 Å². The summed E-state index contributed by atoms with van der Waals surface area (Å²) in [4.78, 5) is 0. The van der Waals surface area contributed by atoms with Gasteiger partial charge in [-0.1, -0.05) is 0 Å². The number of rotatable bonds is 3. The zero-order chi connectivity index (χ0) is 12.4. The molecule has 1 atom stereocenters. The van der Waals surface area contributed by atoms with Crippen LogP contribution >= 0.6 is 22.6 Å². The van der Waals surface area contributed by atoms with E-state index in [1.54, 1.807) is 23.0 Å². The molecule has 1 heterocycles. The molecule has 1 aromatic heterocycles. The van der Waals surface area contributed by atoms with E-state index in [0.717, 1.165) is 14.8 Å². The van der Waals surface area contributed by atoms with Crippen LogP contribution in [0.3, 0.4) is 0 Å². The minimum absolute atomic E-state index is 0.0718. The third kappa shape index (κ3) is 2.66. The Balaban J connectivity index is 2.53. The summed E-state index contributed by atoms with van der Waals surface area (Å²) in [6.07, 6.45) is 3.69. The number of hydrogen-bond donors (Lipinski definition) is 1. The second-order valence-electron chi connectivity index (χ2n) is 3.82. The van der Waals surface area contributed by atoms with Gasteiger partial charge in [-0.25, -0.2) is 9.07 Å². The van der Waals surface area contributed by atoms with Crippen molar-refractivity contribution >= 4 is 22.6 Å². The summed E-state index contributed by atoms with van der Waals surface area (Å²) in [6, 6.07) is 4.82. The van der Waals surface area contributed by atoms with Gasteiger partial charge in [0, 0.05) is 12.2 Å². The van der Waals surface area contributed by atoms with E-state index >= 15 is 0 Å². The highest BCUT2D eigenvalue weighted by Gasteiger charge is 2.12. The Bertz CT molecular complexity index is 524. The molecular weight excluding hydrogens is 332 g/mol. The number of aromatic nitrogens is 2. The van der Waals surface area contributed by atoms with Crippen molar-refractivity contribution in [3.05, 3.63) is 45.5 Å². The molecule has 0 spiro atoms. The van der Waals surface area contributed by atoms with Gasteiger partial charge >= 0.3 is 0 Å². The molecule has 5 heteroatoms. The van der Waals surface area contributed by atoms with Crippen LogP contribution in [-0.4, -0.2) is 16.8 Å². The highest BCUT2D eigenvalue weighted by atomic mass is 127. The Morgan fingerprint density at radius 2 is 2.24 bits per heavy atom. The van der Waals surface area contributed by atoms with E-state index in [4.69, 9.17) is 0 Å². The van der Waals surface area contributed by atoms with Crippen LogP contribution in [0.5, 0.6) is 0 Å². The lowest BCUT2D eigenvalue weighted by Gasteiger charge is -2.15. The monoisotopic (exact) mass is 345 g/mol. The molecule has 0 radical (unpaired) electrons. The lowest BCUT2D eigenvalue weighted by atomic mass is 10.1. The largest absolute Gasteiger partial charge is 0.313 e. The zero-order valence-electron chi connectivity index (χ0n) is 9.61. The third-order valence-corrected chi connectivity index (χ3v) is 3.24. The van der Waals surface area contributed by atoms with Crippen LogP contribution in [0.2, 0.25) is 0 Å². The quantitative estimate of drug-likeness (QED) is 0.867. The molecule has 1 N–H and O–H groups in total. The Kier molecular flexibility index (Phi) is 3.78. The number of nitrogens with one attached hydrogen (secondary N) is 1. The van der Waals surface area contributed by atoms with E-state index in [9.17, 15) is 4.39 Å². The van der Waals surface area contributed by atoms with Crippen LogP contribution in [-0.2, 0) is 0 Å². The van der Waals surface area contributed by atoms with Gasteiger partial charge in [-0.15, -0.1) is 0 Å². The van der Waals surface area contributed by atoms with E-state index in [2.05, 4.69) is 33.0 Å². The molecule has 0 saturated heterocycles. The summed E-state index contributed by atoms with van der Waals surface area (Å²) in [5, 5.41) is 7.37. The Morgan fingerprint density at radius 3 is 2.82 bits per heavy atom. The molecule has 0 bridgehead atoms. The minimum Gasteiger partial charge on any atom is -0.313 e. The van der Waals surface area contributed by atoms with E-state index in [-0.39, 0.29) is 11.9 Å². The average Bonchev–Trinajstić information content (AvgIpc) is 2.74. The summed E-state index contributed by atoms with van der Waals surface area (Å²) in [5.74, 6) is -0.229. The van der Waals surface area contributed by atoms with Crippen LogP contribution in [0.1, 0.15) is 18.5 Å². The molecule has 0 aliphatic rings. The van der Waals surface area contributed by atoms with Gasteiger partial charge < -0.3 is 5.32 Å². The van der Waals surface area contributed by atoms with Crippen molar-refractivity contribution in [2.24, 2.45) is 0 Å². The zero-order valence-corrected chi connectivity index (χ0v) is 11.8. The molecular formula is C12H13FIN3. The number of nitrogens with zero attached hydrogens (tertiary/aromatic N) is 2. The average molecular weight is 345 g/mol. The van der Waals surface area contributed by atoms with Crippen molar-refractivity contribution in [3.63, 3.8) is 0 Å². The van der Waals surface area contributed by atoms with Gasteiger partial charge in [0.15, 0.2) is 0 Å². The van der Waals surface area contributed by atoms with Crippen molar-refractivity contribution in [2.45, 2.75) is 13.0 Å². The van der Waals surface area contributed by atoms with Crippen molar-refractivity contribution in [3.8, 4) is 5.69 Å². The van der Waals surface area contributed by atoms with Crippen molar-refractivity contribution in [1.82, 2.24) is 15.1 Å². The fraction of sp³-hybridized carbons (Fsp3) is 0.250. The molecule has 3 nitrogen and oxygen atoms in total. The molecule has 1 unspecified atom stereocenters. The summed E-state index contributed by atoms with van der Waals surface area (Å²) in [5.41, 5.74) is 1.79. The predicted octanol–water partition coefficient (Wildman–Crippen LogP) is 2.90. The first-order valence-corrected chi connectivity index (χ1v) is 6.37. The number of hydrogen-bond acceptors (Lipinski definition) is 2. The molecule has 0 amide bonds. The SMILES string of the molecule is CNC(C)c1cc(F)ccc1-n1cc(I)cn1. The van der Waals surface area contributed by atoms with Crippen LogP contribution in [0.25, 0.3) is 5.69 Å². The first-order chi connectivity index (χ1) is 8.11. The summed E-state index contributed by atoms with van der Waals surface area (Å²) in [6.45, 7) is 1.99. The molecule has 17 heavy (non-hydrogen) atoms. The van der Waals surface area contributed by atoms with Gasteiger partial charge in [-0.05, 0) is 60.3 Å².